The molecule has 0 radical (unpaired) electrons. The van der Waals surface area contributed by atoms with E-state index in [2.05, 4.69) is 0 Å². The summed E-state index contributed by atoms with van der Waals surface area (Å²) in [5.74, 6) is 0.351. The molecule has 0 unspecified atom stereocenters. The van der Waals surface area contributed by atoms with Crippen LogP contribution >= 0.6 is 0 Å². The van der Waals surface area contributed by atoms with Gasteiger partial charge in [-0.3, -0.25) is 0 Å². The van der Waals surface area contributed by atoms with Gasteiger partial charge in [0.15, 0.2) is 0 Å². The second-order valence-electron chi connectivity index (χ2n) is 4.90. The molecular weight excluding hydrogens is 267 g/mol. The highest BCUT2D eigenvalue weighted by Crippen LogP contribution is 2.29. The number of aliphatic hydroxyl groups is 1. The monoisotopic (exact) mass is 282 g/mol. The lowest BCUT2D eigenvalue weighted by molar-refractivity contribution is 0.282. The average Bonchev–Trinajstić information content (AvgIpc) is 2.54. The SMILES string of the molecule is COc1ccc(F)c(-c2ccc3cc(CO)ccc3c2)c1. The Balaban J connectivity index is 2.13. The molecular formula is C18H15FO2. The van der Waals surface area contributed by atoms with E-state index >= 15 is 0 Å². The highest BCUT2D eigenvalue weighted by Gasteiger charge is 2.08. The first-order chi connectivity index (χ1) is 10.2. The number of aliphatic hydroxyl groups excluding tert-OH is 1. The lowest BCUT2D eigenvalue weighted by Crippen LogP contribution is -1.89. The van der Waals surface area contributed by atoms with Crippen molar-refractivity contribution >= 4 is 10.8 Å². The molecule has 0 aliphatic heterocycles. The van der Waals surface area contributed by atoms with Crippen molar-refractivity contribution in [2.75, 3.05) is 7.11 Å². The summed E-state index contributed by atoms with van der Waals surface area (Å²) < 4.78 is 19.2. The minimum atomic E-state index is -0.276. The Morgan fingerprint density at radius 2 is 1.71 bits per heavy atom. The molecule has 0 fully saturated rings. The van der Waals surface area contributed by atoms with Gasteiger partial charge < -0.3 is 9.84 Å². The highest BCUT2D eigenvalue weighted by atomic mass is 19.1. The maximum absolute atomic E-state index is 14.0. The fraction of sp³-hybridized carbons (Fsp3) is 0.111. The van der Waals surface area contributed by atoms with Gasteiger partial charge in [0, 0.05) is 5.56 Å². The highest BCUT2D eigenvalue weighted by molar-refractivity contribution is 5.88. The molecule has 0 saturated carbocycles. The van der Waals surface area contributed by atoms with Crippen molar-refractivity contribution in [3.63, 3.8) is 0 Å². The minimum absolute atomic E-state index is 0.0161. The summed E-state index contributed by atoms with van der Waals surface area (Å²) in [6, 6.07) is 16.2. The number of rotatable bonds is 3. The summed E-state index contributed by atoms with van der Waals surface area (Å²) in [5.41, 5.74) is 2.18. The molecule has 3 heteroatoms. The Hall–Kier alpha value is -2.39. The van der Waals surface area contributed by atoms with Crippen molar-refractivity contribution < 1.29 is 14.2 Å². The Kier molecular flexibility index (Phi) is 3.59. The predicted molar refractivity (Wildman–Crippen MR) is 81.8 cm³/mol. The van der Waals surface area contributed by atoms with Crippen LogP contribution in [-0.2, 0) is 6.61 Å². The fourth-order valence-corrected chi connectivity index (χ4v) is 2.41. The molecule has 0 aliphatic rings. The molecule has 2 nitrogen and oxygen atoms in total. The molecule has 0 bridgehead atoms. The second-order valence-corrected chi connectivity index (χ2v) is 4.90. The lowest BCUT2D eigenvalue weighted by Gasteiger charge is -2.08. The van der Waals surface area contributed by atoms with Gasteiger partial charge in [-0.25, -0.2) is 4.39 Å². The van der Waals surface area contributed by atoms with Gasteiger partial charge in [-0.15, -0.1) is 0 Å². The molecule has 0 heterocycles. The van der Waals surface area contributed by atoms with Gasteiger partial charge in [0.2, 0.25) is 0 Å². The zero-order chi connectivity index (χ0) is 14.8. The third kappa shape index (κ3) is 2.60. The number of hydrogen-bond donors (Lipinski definition) is 1. The quantitative estimate of drug-likeness (QED) is 0.782. The Morgan fingerprint density at radius 3 is 2.48 bits per heavy atom. The first kappa shape index (κ1) is 13.6. The minimum Gasteiger partial charge on any atom is -0.497 e. The molecule has 3 aromatic carbocycles. The molecule has 3 aromatic rings. The van der Waals surface area contributed by atoms with Crippen molar-refractivity contribution in [2.24, 2.45) is 0 Å². The molecule has 0 aromatic heterocycles. The average molecular weight is 282 g/mol. The number of halogens is 1. The Morgan fingerprint density at radius 1 is 0.952 bits per heavy atom. The normalized spacial score (nSPS) is 10.8. The lowest BCUT2D eigenvalue weighted by atomic mass is 9.99. The van der Waals surface area contributed by atoms with Crippen LogP contribution in [0, 0.1) is 5.82 Å². The molecule has 0 amide bonds. The maximum atomic E-state index is 14.0. The van der Waals surface area contributed by atoms with Gasteiger partial charge >= 0.3 is 0 Å². The number of methoxy groups -OCH3 is 1. The van der Waals surface area contributed by atoms with Gasteiger partial charge in [0.1, 0.15) is 11.6 Å². The standard InChI is InChI=1S/C18H15FO2/c1-21-16-6-7-18(19)17(10-16)15-5-4-13-8-12(11-20)2-3-14(13)9-15/h2-10,20H,11H2,1H3. The Bertz CT molecular complexity index is 796. The van der Waals surface area contributed by atoms with Crippen LogP contribution in [0.25, 0.3) is 21.9 Å². The van der Waals surface area contributed by atoms with Crippen LogP contribution in [0.15, 0.2) is 54.6 Å². The smallest absolute Gasteiger partial charge is 0.131 e. The maximum Gasteiger partial charge on any atom is 0.131 e. The topological polar surface area (TPSA) is 29.5 Å². The molecule has 1 N–H and O–H groups in total. The van der Waals surface area contributed by atoms with E-state index in [1.54, 1.807) is 19.2 Å². The van der Waals surface area contributed by atoms with Crippen LogP contribution in [-0.4, -0.2) is 12.2 Å². The van der Waals surface area contributed by atoms with Crippen LogP contribution < -0.4 is 4.74 Å². The van der Waals surface area contributed by atoms with Gasteiger partial charge in [0.05, 0.1) is 13.7 Å². The van der Waals surface area contributed by atoms with E-state index in [1.807, 2.05) is 36.4 Å². The second kappa shape index (κ2) is 5.54. The summed E-state index contributed by atoms with van der Waals surface area (Å²) in [6.45, 7) is 0.0161. The van der Waals surface area contributed by atoms with Crippen molar-refractivity contribution in [1.82, 2.24) is 0 Å². The molecule has 3 rings (SSSR count). The summed E-state index contributed by atoms with van der Waals surface area (Å²) in [5, 5.41) is 11.2. The zero-order valence-corrected chi connectivity index (χ0v) is 11.6. The van der Waals surface area contributed by atoms with Crippen LogP contribution in [0.2, 0.25) is 0 Å². The molecule has 106 valence electrons. The molecule has 0 saturated heterocycles. The summed E-state index contributed by atoms with van der Waals surface area (Å²) >= 11 is 0. The van der Waals surface area contributed by atoms with Gasteiger partial charge in [-0.05, 0) is 52.2 Å². The van der Waals surface area contributed by atoms with Crippen molar-refractivity contribution in [3.05, 3.63) is 66.0 Å². The first-order valence-electron chi connectivity index (χ1n) is 6.69. The number of hydrogen-bond acceptors (Lipinski definition) is 2. The summed E-state index contributed by atoms with van der Waals surface area (Å²) in [4.78, 5) is 0. The van der Waals surface area contributed by atoms with E-state index in [0.717, 1.165) is 21.9 Å². The van der Waals surface area contributed by atoms with Gasteiger partial charge in [0.25, 0.3) is 0 Å². The van der Waals surface area contributed by atoms with E-state index in [1.165, 1.54) is 6.07 Å². The van der Waals surface area contributed by atoms with Gasteiger partial charge in [-0.2, -0.15) is 0 Å². The zero-order valence-electron chi connectivity index (χ0n) is 11.6. The molecule has 0 atom stereocenters. The summed E-state index contributed by atoms with van der Waals surface area (Å²) in [6.07, 6.45) is 0. The molecule has 21 heavy (non-hydrogen) atoms. The van der Waals surface area contributed by atoms with E-state index in [4.69, 9.17) is 9.84 Å². The van der Waals surface area contributed by atoms with E-state index in [0.29, 0.717) is 11.3 Å². The van der Waals surface area contributed by atoms with Crippen LogP contribution in [0.4, 0.5) is 4.39 Å². The van der Waals surface area contributed by atoms with Crippen molar-refractivity contribution in [1.29, 1.82) is 0 Å². The van der Waals surface area contributed by atoms with Crippen LogP contribution in [0.3, 0.4) is 0 Å². The predicted octanol–water partition coefficient (Wildman–Crippen LogP) is 4.15. The van der Waals surface area contributed by atoms with Crippen molar-refractivity contribution in [2.45, 2.75) is 6.61 Å². The van der Waals surface area contributed by atoms with E-state index < -0.39 is 0 Å². The molecule has 0 aliphatic carbocycles. The number of ether oxygens (including phenoxy) is 1. The summed E-state index contributed by atoms with van der Waals surface area (Å²) in [7, 11) is 1.56. The van der Waals surface area contributed by atoms with E-state index in [9.17, 15) is 4.39 Å². The van der Waals surface area contributed by atoms with Crippen LogP contribution in [0.1, 0.15) is 5.56 Å². The van der Waals surface area contributed by atoms with E-state index in [-0.39, 0.29) is 12.4 Å². The first-order valence-corrected chi connectivity index (χ1v) is 6.69. The largest absolute Gasteiger partial charge is 0.497 e. The third-order valence-electron chi connectivity index (χ3n) is 3.57. The third-order valence-corrected chi connectivity index (χ3v) is 3.57. The number of fused-ring (bicyclic) bond motifs is 1. The van der Waals surface area contributed by atoms with Crippen molar-refractivity contribution in [3.8, 4) is 16.9 Å². The van der Waals surface area contributed by atoms with Gasteiger partial charge in [-0.1, -0.05) is 24.3 Å². The molecule has 0 spiro atoms. The number of benzene rings is 3. The van der Waals surface area contributed by atoms with Crippen LogP contribution in [0.5, 0.6) is 5.75 Å². The Labute approximate surface area is 122 Å². The fourth-order valence-electron chi connectivity index (χ4n) is 2.41.